The number of carbonyl (C=O) groups excluding carboxylic acids is 1. The van der Waals surface area contributed by atoms with Crippen molar-refractivity contribution in [1.29, 1.82) is 5.26 Å². The molecule has 1 saturated heterocycles. The first-order chi connectivity index (χ1) is 27.9. The third-order valence-electron chi connectivity index (χ3n) is 10.6. The molecule has 0 bridgehead atoms. The van der Waals surface area contributed by atoms with Crippen molar-refractivity contribution in [3.63, 3.8) is 0 Å². The van der Waals surface area contributed by atoms with E-state index in [4.69, 9.17) is 30.5 Å². The molecule has 1 fully saturated rings. The molecule has 1 aliphatic rings. The number of nitriles is 1. The highest BCUT2D eigenvalue weighted by Crippen LogP contribution is 2.37. The monoisotopic (exact) mass is 814 g/mol. The van der Waals surface area contributed by atoms with Gasteiger partial charge in [-0.05, 0) is 93.1 Å². The van der Waals surface area contributed by atoms with Crippen LogP contribution in [0.15, 0.2) is 67.0 Å². The second-order valence-corrected chi connectivity index (χ2v) is 15.1. The van der Waals surface area contributed by atoms with Crippen molar-refractivity contribution in [1.82, 2.24) is 15.2 Å². The lowest BCUT2D eigenvalue weighted by Gasteiger charge is -2.25. The molecular weight excluding hydrogens is 764 g/mol. The highest BCUT2D eigenvalue weighted by Gasteiger charge is 2.45. The van der Waals surface area contributed by atoms with Gasteiger partial charge in [0.05, 0.1) is 37.0 Å². The molecule has 1 aliphatic heterocycles. The average Bonchev–Trinajstić information content (AvgIpc) is 3.66. The maximum atomic E-state index is 12.5. The number of nitrogens with zero attached hydrogens (tertiary/aromatic N) is 3. The van der Waals surface area contributed by atoms with Crippen LogP contribution in [0.25, 0.3) is 11.1 Å². The molecule has 3 aromatic carbocycles. The van der Waals surface area contributed by atoms with Gasteiger partial charge in [0.1, 0.15) is 47.5 Å². The standard InChI is InChI=1S/C44H51ClN4O9/c1-5-55-42(54)44(28-51)13-15-49(26-44)14-8-16-56-38-12-7-11-36(30(38)3)35-10-6-9-33(29(35)2)25-58-40-19-39(57-24-32-17-31(20-46)21-47-22-32)34(18-37(40)45)23-48-43(4,27-50)41(52)53/h6-7,9-12,17-19,21-22,48,50-51H,5,8,13-16,23-28H2,1-4H3,(H,52,53)/t43-,44?/m1/s1. The summed E-state index contributed by atoms with van der Waals surface area (Å²) in [4.78, 5) is 30.6. The average molecular weight is 815 g/mol. The third kappa shape index (κ3) is 10.4. The summed E-state index contributed by atoms with van der Waals surface area (Å²) in [6.07, 6.45) is 4.37. The Hall–Kier alpha value is -5.23. The van der Waals surface area contributed by atoms with Gasteiger partial charge in [-0.15, -0.1) is 0 Å². The number of carboxylic acid groups (broad SMARTS) is 1. The maximum absolute atomic E-state index is 12.5. The molecule has 0 spiro atoms. The van der Waals surface area contributed by atoms with Crippen molar-refractivity contribution in [3.8, 4) is 34.4 Å². The van der Waals surface area contributed by atoms with Crippen LogP contribution in [0.4, 0.5) is 0 Å². The lowest BCUT2D eigenvalue weighted by Crippen LogP contribution is -2.52. The van der Waals surface area contributed by atoms with Crippen molar-refractivity contribution in [2.24, 2.45) is 5.41 Å². The number of aliphatic hydroxyl groups is 2. The second kappa shape index (κ2) is 20.0. The Bertz CT molecular complexity index is 2130. The SMILES string of the molecule is CCOC(=O)C1(CO)CCN(CCCOc2cccc(-c3cccc(COc4cc(OCc5cncc(C#N)c5)c(CN[C@](C)(CO)C(=O)O)cc4Cl)c3C)c2C)C1. The number of hydrogen-bond donors (Lipinski definition) is 4. The van der Waals surface area contributed by atoms with Crippen LogP contribution in [0.5, 0.6) is 17.2 Å². The molecule has 13 nitrogen and oxygen atoms in total. The van der Waals surface area contributed by atoms with Gasteiger partial charge in [-0.1, -0.05) is 41.9 Å². The molecule has 2 heterocycles. The zero-order valence-electron chi connectivity index (χ0n) is 33.3. The van der Waals surface area contributed by atoms with Gasteiger partial charge in [-0.2, -0.15) is 5.26 Å². The van der Waals surface area contributed by atoms with Crippen LogP contribution in [-0.2, 0) is 34.1 Å². The summed E-state index contributed by atoms with van der Waals surface area (Å²) < 4.78 is 24.0. The van der Waals surface area contributed by atoms with Gasteiger partial charge in [0, 0.05) is 49.2 Å². The lowest BCUT2D eigenvalue weighted by molar-refractivity contribution is -0.157. The summed E-state index contributed by atoms with van der Waals surface area (Å²) in [6, 6.07) is 19.0. The first-order valence-corrected chi connectivity index (χ1v) is 19.6. The van der Waals surface area contributed by atoms with E-state index in [1.54, 1.807) is 31.3 Å². The van der Waals surface area contributed by atoms with Crippen LogP contribution in [0.2, 0.25) is 5.02 Å². The molecule has 2 atom stereocenters. The Morgan fingerprint density at radius 2 is 1.72 bits per heavy atom. The first kappa shape index (κ1) is 43.9. The largest absolute Gasteiger partial charge is 0.493 e. The molecular formula is C44H51ClN4O9. The molecule has 0 saturated carbocycles. The third-order valence-corrected chi connectivity index (χ3v) is 10.9. The Kier molecular flexibility index (Phi) is 15.1. The molecule has 1 unspecified atom stereocenters. The molecule has 0 aliphatic carbocycles. The van der Waals surface area contributed by atoms with Crippen LogP contribution in [-0.4, -0.2) is 88.7 Å². The number of aliphatic carboxylic acids is 1. The van der Waals surface area contributed by atoms with Crippen LogP contribution >= 0.6 is 11.6 Å². The van der Waals surface area contributed by atoms with Gasteiger partial charge < -0.3 is 39.2 Å². The number of rotatable bonds is 20. The van der Waals surface area contributed by atoms with E-state index in [2.05, 4.69) is 33.4 Å². The number of carboxylic acids is 1. The Balaban J connectivity index is 1.27. The number of esters is 1. The van der Waals surface area contributed by atoms with Crippen LogP contribution in [0.3, 0.4) is 0 Å². The quantitative estimate of drug-likeness (QED) is 0.0604. The fourth-order valence-electron chi connectivity index (χ4n) is 6.85. The molecule has 308 valence electrons. The number of ether oxygens (including phenoxy) is 4. The number of benzene rings is 3. The van der Waals surface area contributed by atoms with E-state index in [-0.39, 0.29) is 44.0 Å². The molecule has 0 radical (unpaired) electrons. The van der Waals surface area contributed by atoms with Crippen molar-refractivity contribution < 1.29 is 43.9 Å². The minimum Gasteiger partial charge on any atom is -0.493 e. The first-order valence-electron chi connectivity index (χ1n) is 19.2. The number of hydrogen-bond acceptors (Lipinski definition) is 12. The van der Waals surface area contributed by atoms with Gasteiger partial charge in [-0.25, -0.2) is 0 Å². The predicted octanol–water partition coefficient (Wildman–Crippen LogP) is 5.99. The summed E-state index contributed by atoms with van der Waals surface area (Å²) in [7, 11) is 0. The van der Waals surface area contributed by atoms with Gasteiger partial charge in [-0.3, -0.25) is 19.9 Å². The minimum atomic E-state index is -1.60. The second-order valence-electron chi connectivity index (χ2n) is 14.7. The predicted molar refractivity (Wildman–Crippen MR) is 218 cm³/mol. The Labute approximate surface area is 344 Å². The zero-order chi connectivity index (χ0) is 41.9. The van der Waals surface area contributed by atoms with Crippen molar-refractivity contribution in [2.45, 2.75) is 65.8 Å². The van der Waals surface area contributed by atoms with Gasteiger partial charge >= 0.3 is 11.9 Å². The van der Waals surface area contributed by atoms with E-state index < -0.39 is 23.5 Å². The maximum Gasteiger partial charge on any atom is 0.326 e. The molecule has 1 aromatic heterocycles. The number of aromatic nitrogens is 1. The molecule has 4 aromatic rings. The number of likely N-dealkylation sites (tertiary alicyclic amines) is 1. The summed E-state index contributed by atoms with van der Waals surface area (Å²) in [6.45, 7) is 9.32. The number of carbonyl (C=O) groups is 2. The van der Waals surface area contributed by atoms with E-state index >= 15 is 0 Å². The van der Waals surface area contributed by atoms with Crippen molar-refractivity contribution in [3.05, 3.63) is 105 Å². The van der Waals surface area contributed by atoms with E-state index in [0.717, 1.165) is 46.5 Å². The summed E-state index contributed by atoms with van der Waals surface area (Å²) in [5.74, 6) is -0.0524. The number of aliphatic hydroxyl groups excluding tert-OH is 2. The van der Waals surface area contributed by atoms with Gasteiger partial charge in [0.2, 0.25) is 0 Å². The minimum absolute atomic E-state index is 0.0132. The summed E-state index contributed by atoms with van der Waals surface area (Å²) in [5.41, 5.74) is 4.10. The summed E-state index contributed by atoms with van der Waals surface area (Å²) in [5, 5.41) is 41.9. The lowest BCUT2D eigenvalue weighted by atomic mass is 9.88. The topological polar surface area (TPSA) is 184 Å². The Morgan fingerprint density at radius 3 is 2.43 bits per heavy atom. The molecule has 4 N–H and O–H groups in total. The van der Waals surface area contributed by atoms with Crippen LogP contribution < -0.4 is 19.5 Å². The van der Waals surface area contributed by atoms with E-state index in [0.29, 0.717) is 54.3 Å². The van der Waals surface area contributed by atoms with Crippen LogP contribution in [0.1, 0.15) is 60.1 Å². The summed E-state index contributed by atoms with van der Waals surface area (Å²) >= 11 is 6.74. The smallest absolute Gasteiger partial charge is 0.326 e. The number of halogens is 1. The number of pyridine rings is 1. The van der Waals surface area contributed by atoms with E-state index in [1.165, 1.54) is 13.1 Å². The highest BCUT2D eigenvalue weighted by molar-refractivity contribution is 6.32. The normalized spacial score (nSPS) is 16.3. The fourth-order valence-corrected chi connectivity index (χ4v) is 7.09. The Morgan fingerprint density at radius 1 is 0.983 bits per heavy atom. The van der Waals surface area contributed by atoms with Crippen molar-refractivity contribution in [2.75, 3.05) is 46.1 Å². The molecule has 0 amide bonds. The molecule has 5 rings (SSSR count). The zero-order valence-corrected chi connectivity index (χ0v) is 34.1. The van der Waals surface area contributed by atoms with Gasteiger partial charge in [0.25, 0.3) is 0 Å². The number of nitrogens with one attached hydrogen (secondary N) is 1. The van der Waals surface area contributed by atoms with Crippen molar-refractivity contribution >= 4 is 23.5 Å². The highest BCUT2D eigenvalue weighted by atomic mass is 35.5. The van der Waals surface area contributed by atoms with E-state index in [9.17, 15) is 30.2 Å². The molecule has 14 heteroatoms. The molecule has 58 heavy (non-hydrogen) atoms. The fraction of sp³-hybridized carbons (Fsp3) is 0.409. The van der Waals surface area contributed by atoms with E-state index in [1.807, 2.05) is 38.1 Å². The van der Waals surface area contributed by atoms with Crippen LogP contribution in [0, 0.1) is 30.6 Å². The van der Waals surface area contributed by atoms with Gasteiger partial charge in [0.15, 0.2) is 0 Å².